The van der Waals surface area contributed by atoms with Gasteiger partial charge in [-0.3, -0.25) is 3.07 Å². The highest BCUT2D eigenvalue weighted by molar-refractivity contribution is 14.1. The van der Waals surface area contributed by atoms with Crippen molar-refractivity contribution < 1.29 is 31.8 Å². The zero-order valence-corrected chi connectivity index (χ0v) is 10.1. The molecule has 1 aromatic rings. The van der Waals surface area contributed by atoms with Gasteiger partial charge in [-0.15, -0.1) is 0 Å². The molecule has 0 amide bonds. The van der Waals surface area contributed by atoms with Crippen molar-refractivity contribution in [1.29, 1.82) is 0 Å². The van der Waals surface area contributed by atoms with Crippen LogP contribution in [-0.2, 0) is 7.63 Å². The van der Waals surface area contributed by atoms with Crippen LogP contribution in [0.3, 0.4) is 0 Å². The fourth-order valence-electron chi connectivity index (χ4n) is 0.551. The number of rotatable bonds is 1. The Hall–Kier alpha value is -0.410. The summed E-state index contributed by atoms with van der Waals surface area (Å²) in [5.41, 5.74) is 0. The van der Waals surface area contributed by atoms with Crippen LogP contribution in [0, 0.1) is 9.39 Å². The summed E-state index contributed by atoms with van der Waals surface area (Å²) in [4.78, 5) is 21.6. The van der Waals surface area contributed by atoms with Crippen molar-refractivity contribution in [2.24, 2.45) is 0 Å². The van der Waals surface area contributed by atoms with Crippen LogP contribution in [0.25, 0.3) is 0 Å². The number of phosphoric acid groups is 1. The smallest absolute Gasteiger partial charge is 0.466 e. The van der Waals surface area contributed by atoms with Crippen molar-refractivity contribution in [3.8, 4) is 5.75 Å². The summed E-state index contributed by atoms with van der Waals surface area (Å²) in [5, 5.41) is 8.88. The van der Waals surface area contributed by atoms with E-state index in [1.807, 2.05) is 0 Å². The average molecular weight is 352 g/mol. The molecule has 0 aromatic heterocycles. The largest absolute Gasteiger partial charge is 0.507 e. The zero-order chi connectivity index (χ0) is 12.1. The molecule has 0 spiro atoms. The van der Waals surface area contributed by atoms with Crippen LogP contribution >= 0.6 is 29.0 Å². The van der Waals surface area contributed by atoms with Gasteiger partial charge in [0.15, 0.2) is 21.2 Å². The molecule has 4 N–H and O–H groups in total. The van der Waals surface area contributed by atoms with Gasteiger partial charge in [0, 0.05) is 6.07 Å². The van der Waals surface area contributed by atoms with Gasteiger partial charge in [0.2, 0.25) is 0 Å². The molecule has 6 nitrogen and oxygen atoms in total. The third-order valence-corrected chi connectivity index (χ3v) is 2.38. The lowest BCUT2D eigenvalue weighted by molar-refractivity contribution is 0.275. The van der Waals surface area contributed by atoms with E-state index in [-0.39, 0.29) is 5.75 Å². The fourth-order valence-corrected chi connectivity index (χ4v) is 1.26. The monoisotopic (exact) mass is 352 g/mol. The van der Waals surface area contributed by atoms with Crippen molar-refractivity contribution in [3.05, 3.63) is 27.6 Å². The molecule has 9 heteroatoms. The number of benzene rings is 1. The van der Waals surface area contributed by atoms with Crippen LogP contribution in [0.5, 0.6) is 5.75 Å². The predicted molar refractivity (Wildman–Crippen MR) is 55.7 cm³/mol. The van der Waals surface area contributed by atoms with E-state index in [2.05, 4.69) is 0 Å². The van der Waals surface area contributed by atoms with Crippen molar-refractivity contribution in [1.82, 2.24) is 0 Å². The maximum absolute atomic E-state index is 12.2. The van der Waals surface area contributed by atoms with Crippen molar-refractivity contribution in [3.63, 3.8) is 0 Å². The number of phenols is 1. The lowest BCUT2D eigenvalue weighted by Crippen LogP contribution is -1.76. The van der Waals surface area contributed by atoms with E-state index in [1.54, 1.807) is 0 Å². The molecule has 0 saturated heterocycles. The van der Waals surface area contributed by atoms with E-state index in [0.717, 1.165) is 6.07 Å². The number of hydrogen-bond acceptors (Lipinski definition) is 3. The van der Waals surface area contributed by atoms with Crippen LogP contribution < -0.4 is 0 Å². The fraction of sp³-hybridized carbons (Fsp3) is 0. The van der Waals surface area contributed by atoms with Crippen LogP contribution in [0.1, 0.15) is 0 Å². The molecule has 0 bridgehead atoms. The Labute approximate surface area is 94.3 Å². The van der Waals surface area contributed by atoms with Gasteiger partial charge in [-0.1, -0.05) is 0 Å². The second kappa shape index (κ2) is 6.23. The molecule has 0 unspecified atom stereocenters. The summed E-state index contributed by atoms with van der Waals surface area (Å²) in [6, 6.07) is 3.45. The van der Waals surface area contributed by atoms with E-state index in [0.29, 0.717) is 3.57 Å². The standard InChI is InChI=1S/C6H4FIO2.H3O4P/c7-4-1-2-5(8-10)6(9)3-4;1-5(2,3)4/h1-3,9H;(H3,1,2,3,4). The summed E-state index contributed by atoms with van der Waals surface area (Å²) in [5.74, 6) is -0.735. The molecule has 86 valence electrons. The van der Waals surface area contributed by atoms with Crippen LogP contribution in [0.2, 0.25) is 0 Å². The van der Waals surface area contributed by atoms with Crippen molar-refractivity contribution in [2.75, 3.05) is 0 Å². The van der Waals surface area contributed by atoms with Crippen LogP contribution in [0.15, 0.2) is 18.2 Å². The van der Waals surface area contributed by atoms with Crippen LogP contribution in [-0.4, -0.2) is 19.8 Å². The summed E-state index contributed by atoms with van der Waals surface area (Å²) in [7, 11) is -4.64. The average Bonchev–Trinajstić information content (AvgIpc) is 2.01. The van der Waals surface area contributed by atoms with Gasteiger partial charge in [-0.25, -0.2) is 8.96 Å². The number of phenolic OH excluding ortho intramolecular Hbond substituents is 1. The van der Waals surface area contributed by atoms with Gasteiger partial charge < -0.3 is 19.8 Å². The second-order valence-electron chi connectivity index (χ2n) is 2.19. The quantitative estimate of drug-likeness (QED) is 0.444. The first-order valence-electron chi connectivity index (χ1n) is 3.28. The maximum atomic E-state index is 12.2. The minimum Gasteiger partial charge on any atom is -0.507 e. The molecule has 0 saturated carbocycles. The molecule has 0 atom stereocenters. The topological polar surface area (TPSA) is 115 Å². The summed E-state index contributed by atoms with van der Waals surface area (Å²) >= 11 is -1.39. The molecule has 0 aliphatic rings. The van der Waals surface area contributed by atoms with E-state index in [9.17, 15) is 7.46 Å². The Morgan fingerprint density at radius 3 is 2.07 bits per heavy atom. The minimum absolute atomic E-state index is 0.220. The Morgan fingerprint density at radius 1 is 1.27 bits per heavy atom. The number of aromatic hydroxyl groups is 1. The molecule has 1 rings (SSSR count). The Morgan fingerprint density at radius 2 is 1.73 bits per heavy atom. The van der Waals surface area contributed by atoms with Gasteiger partial charge >= 0.3 is 7.82 Å². The van der Waals surface area contributed by atoms with Crippen molar-refractivity contribution in [2.45, 2.75) is 0 Å². The van der Waals surface area contributed by atoms with Crippen LogP contribution in [0.4, 0.5) is 4.39 Å². The first-order valence-corrected chi connectivity index (χ1v) is 6.80. The highest BCUT2D eigenvalue weighted by atomic mass is 127. The maximum Gasteiger partial charge on any atom is 0.466 e. The van der Waals surface area contributed by atoms with Gasteiger partial charge in [0.25, 0.3) is 0 Å². The Bertz CT molecular complexity index is 383. The second-order valence-corrected chi connectivity index (χ2v) is 4.82. The minimum atomic E-state index is -4.64. The van der Waals surface area contributed by atoms with E-state index in [1.165, 1.54) is 12.1 Å². The molecular formula is C6H7FIO6P. The number of halogens is 2. The lowest BCUT2D eigenvalue weighted by atomic mass is 10.3. The molecule has 0 radical (unpaired) electrons. The van der Waals surface area contributed by atoms with E-state index < -0.39 is 34.8 Å². The highest BCUT2D eigenvalue weighted by Crippen LogP contribution is 2.25. The highest BCUT2D eigenvalue weighted by Gasteiger charge is 2.00. The SMILES string of the molecule is O=Ic1ccc(F)cc1O.O=P(O)(O)O. The molecular weight excluding hydrogens is 345 g/mol. The van der Waals surface area contributed by atoms with E-state index in [4.69, 9.17) is 24.4 Å². The van der Waals surface area contributed by atoms with E-state index >= 15 is 0 Å². The van der Waals surface area contributed by atoms with Gasteiger partial charge in [0.05, 0.1) is 3.57 Å². The first kappa shape index (κ1) is 14.6. The summed E-state index contributed by atoms with van der Waals surface area (Å²) in [6.45, 7) is 0. The third-order valence-electron chi connectivity index (χ3n) is 0.991. The lowest BCUT2D eigenvalue weighted by Gasteiger charge is -1.92. The Kier molecular flexibility index (Phi) is 6.06. The number of hydrogen-bond donors (Lipinski definition) is 4. The molecule has 0 aliphatic carbocycles. The Balaban J connectivity index is 0.000000336. The third kappa shape index (κ3) is 8.58. The predicted octanol–water partition coefficient (Wildman–Crippen LogP) is 1.09. The van der Waals surface area contributed by atoms with Gasteiger partial charge in [0.1, 0.15) is 11.6 Å². The molecule has 0 fully saturated rings. The normalized spacial score (nSPS) is 10.4. The summed E-state index contributed by atoms with van der Waals surface area (Å²) in [6.07, 6.45) is 0. The van der Waals surface area contributed by atoms with Gasteiger partial charge in [-0.05, 0) is 12.1 Å². The van der Waals surface area contributed by atoms with Gasteiger partial charge in [-0.2, -0.15) is 0 Å². The molecule has 1 aromatic carbocycles. The van der Waals surface area contributed by atoms with Crippen molar-refractivity contribution >= 4 is 29.0 Å². The molecule has 0 heterocycles. The molecule has 0 aliphatic heterocycles. The molecule has 15 heavy (non-hydrogen) atoms. The summed E-state index contributed by atoms with van der Waals surface area (Å²) < 4.78 is 31.7. The first-order chi connectivity index (χ1) is 6.74. The zero-order valence-electron chi connectivity index (χ0n) is 7.04.